The van der Waals surface area contributed by atoms with Gasteiger partial charge in [-0.1, -0.05) is 82.6 Å². The number of halogens is 1. The molecular formula is C38H43FO3. The third kappa shape index (κ3) is 7.28. The van der Waals surface area contributed by atoms with Crippen molar-refractivity contribution >= 4 is 5.78 Å². The smallest absolute Gasteiger partial charge is 0.193 e. The number of alkyl halides is 1. The molecule has 4 aromatic carbocycles. The molecule has 4 heteroatoms. The van der Waals surface area contributed by atoms with E-state index in [1.54, 1.807) is 55.5 Å². The van der Waals surface area contributed by atoms with Gasteiger partial charge in [0, 0.05) is 16.5 Å². The Balaban J connectivity index is 1.40. The predicted octanol–water partition coefficient (Wildman–Crippen LogP) is 10.6. The summed E-state index contributed by atoms with van der Waals surface area (Å²) in [6, 6.07) is 30.4. The predicted molar refractivity (Wildman–Crippen MR) is 170 cm³/mol. The molecule has 0 fully saturated rings. The Bertz CT molecular complexity index is 1460. The Morgan fingerprint density at radius 1 is 0.619 bits per heavy atom. The maximum atomic E-state index is 14.6. The van der Waals surface area contributed by atoms with Crippen molar-refractivity contribution in [1.29, 1.82) is 0 Å². The van der Waals surface area contributed by atoms with Crippen molar-refractivity contribution < 1.29 is 18.7 Å². The number of rotatable bonds is 12. The van der Waals surface area contributed by atoms with Crippen LogP contribution in [0.1, 0.15) is 100 Å². The molecule has 0 aliphatic heterocycles. The highest BCUT2D eigenvalue weighted by molar-refractivity contribution is 6.09. The summed E-state index contributed by atoms with van der Waals surface area (Å²) >= 11 is 0. The third-order valence-electron chi connectivity index (χ3n) is 8.16. The molecule has 0 amide bonds. The van der Waals surface area contributed by atoms with Gasteiger partial charge in [0.05, 0.1) is 0 Å². The number of carbonyl (C=O) groups excluding carboxylic acids is 1. The normalized spacial score (nSPS) is 13.3. The molecule has 1 unspecified atom stereocenters. The lowest BCUT2D eigenvalue weighted by atomic mass is 9.78. The van der Waals surface area contributed by atoms with Gasteiger partial charge in [0.2, 0.25) is 0 Å². The molecule has 1 atom stereocenters. The number of ketones is 1. The summed E-state index contributed by atoms with van der Waals surface area (Å²) in [6.07, 6.45) is 2.47. The van der Waals surface area contributed by atoms with E-state index in [0.29, 0.717) is 28.9 Å². The van der Waals surface area contributed by atoms with Crippen LogP contribution in [0.2, 0.25) is 0 Å². The molecule has 0 aliphatic carbocycles. The summed E-state index contributed by atoms with van der Waals surface area (Å²) in [5.74, 6) is 2.14. The first-order valence-electron chi connectivity index (χ1n) is 14.9. The molecule has 0 radical (unpaired) electrons. The number of hydrogen-bond donors (Lipinski definition) is 0. The molecule has 42 heavy (non-hydrogen) atoms. The molecule has 220 valence electrons. The maximum absolute atomic E-state index is 14.6. The van der Waals surface area contributed by atoms with Crippen molar-refractivity contribution in [3.63, 3.8) is 0 Å². The number of benzene rings is 4. The quantitative estimate of drug-likeness (QED) is 0.160. The van der Waals surface area contributed by atoms with Crippen molar-refractivity contribution in [2.45, 2.75) is 84.4 Å². The van der Waals surface area contributed by atoms with Gasteiger partial charge in [-0.05, 0) is 98.8 Å². The van der Waals surface area contributed by atoms with E-state index < -0.39 is 5.67 Å². The first-order chi connectivity index (χ1) is 19.8. The van der Waals surface area contributed by atoms with Crippen LogP contribution >= 0.6 is 0 Å². The fourth-order valence-electron chi connectivity index (χ4n) is 5.17. The second-order valence-electron chi connectivity index (χ2n) is 12.4. The van der Waals surface area contributed by atoms with Gasteiger partial charge in [-0.3, -0.25) is 4.79 Å². The zero-order valence-corrected chi connectivity index (χ0v) is 26.0. The zero-order chi connectivity index (χ0) is 30.5. The highest BCUT2D eigenvalue weighted by Gasteiger charge is 2.25. The van der Waals surface area contributed by atoms with Gasteiger partial charge in [0.15, 0.2) is 5.78 Å². The molecule has 3 nitrogen and oxygen atoms in total. The summed E-state index contributed by atoms with van der Waals surface area (Å²) in [6.45, 7) is 14.2. The van der Waals surface area contributed by atoms with Crippen molar-refractivity contribution in [2.75, 3.05) is 0 Å². The molecule has 0 N–H and O–H groups in total. The number of hydrogen-bond acceptors (Lipinski definition) is 3. The van der Waals surface area contributed by atoms with Crippen molar-refractivity contribution in [1.82, 2.24) is 0 Å². The van der Waals surface area contributed by atoms with Crippen LogP contribution in [0.4, 0.5) is 4.39 Å². The van der Waals surface area contributed by atoms with Crippen molar-refractivity contribution in [3.8, 4) is 17.2 Å². The fourth-order valence-corrected chi connectivity index (χ4v) is 5.17. The summed E-state index contributed by atoms with van der Waals surface area (Å²) in [4.78, 5) is 13.0. The first-order valence-corrected chi connectivity index (χ1v) is 14.9. The van der Waals surface area contributed by atoms with Crippen LogP contribution in [0, 0.1) is 0 Å². The molecule has 0 saturated carbocycles. The Labute approximate surface area is 250 Å². The van der Waals surface area contributed by atoms with E-state index in [2.05, 4.69) is 71.0 Å². The van der Waals surface area contributed by atoms with E-state index in [1.165, 1.54) is 11.1 Å². The Morgan fingerprint density at radius 2 is 1.02 bits per heavy atom. The van der Waals surface area contributed by atoms with Crippen molar-refractivity contribution in [2.24, 2.45) is 0 Å². The summed E-state index contributed by atoms with van der Waals surface area (Å²) in [5.41, 5.74) is 2.25. The van der Waals surface area contributed by atoms with Crippen molar-refractivity contribution in [3.05, 3.63) is 125 Å². The number of carbonyl (C=O) groups is 1. The minimum absolute atomic E-state index is 0.110. The molecule has 0 aliphatic rings. The standard InChI is InChI=1S/C38H43FO3/c1-8-26-36(3,4)42-34-24-18-30(19-25-34)37(5,6)29-16-22-33(23-17-29)41-32-20-12-28(13-21-32)35(40)27-10-14-31(15-11-27)38(7,39)9-2/h10-25H,8-9,26H2,1-7H3. The van der Waals surface area contributed by atoms with E-state index in [1.807, 2.05) is 19.1 Å². The monoisotopic (exact) mass is 566 g/mol. The molecule has 4 aromatic rings. The van der Waals surface area contributed by atoms with Gasteiger partial charge < -0.3 is 9.47 Å². The third-order valence-corrected chi connectivity index (χ3v) is 8.16. The molecule has 0 bridgehead atoms. The van der Waals surface area contributed by atoms with E-state index >= 15 is 0 Å². The second kappa shape index (κ2) is 12.5. The minimum Gasteiger partial charge on any atom is -0.488 e. The largest absolute Gasteiger partial charge is 0.488 e. The first kappa shape index (κ1) is 31.0. The van der Waals surface area contributed by atoms with Gasteiger partial charge in [0.1, 0.15) is 28.5 Å². The molecule has 0 spiro atoms. The van der Waals surface area contributed by atoms with Gasteiger partial charge in [-0.25, -0.2) is 4.39 Å². The zero-order valence-electron chi connectivity index (χ0n) is 26.0. The van der Waals surface area contributed by atoms with Crippen LogP contribution in [0.5, 0.6) is 17.2 Å². The lowest BCUT2D eigenvalue weighted by Gasteiger charge is -2.28. The summed E-state index contributed by atoms with van der Waals surface area (Å²) in [7, 11) is 0. The van der Waals surface area contributed by atoms with Gasteiger partial charge in [0.25, 0.3) is 0 Å². The van der Waals surface area contributed by atoms with Crippen LogP contribution in [0.25, 0.3) is 0 Å². The second-order valence-corrected chi connectivity index (χ2v) is 12.4. The molecule has 0 saturated heterocycles. The maximum Gasteiger partial charge on any atom is 0.193 e. The molecule has 0 aromatic heterocycles. The van der Waals surface area contributed by atoms with Crippen LogP contribution in [0.3, 0.4) is 0 Å². The summed E-state index contributed by atoms with van der Waals surface area (Å²) < 4.78 is 26.8. The Hall–Kier alpha value is -3.92. The minimum atomic E-state index is -1.40. The topological polar surface area (TPSA) is 35.5 Å². The SMILES string of the molecule is CCCC(C)(C)Oc1ccc(C(C)(C)c2ccc(Oc3ccc(C(=O)c4ccc(C(C)(F)CC)cc4)cc3)cc2)cc1. The lowest BCUT2D eigenvalue weighted by Crippen LogP contribution is -2.27. The molecule has 0 heterocycles. The van der Waals surface area contributed by atoms with Crippen LogP contribution in [-0.4, -0.2) is 11.4 Å². The van der Waals surface area contributed by atoms with E-state index in [4.69, 9.17) is 9.47 Å². The highest BCUT2D eigenvalue weighted by Crippen LogP contribution is 2.35. The fraction of sp³-hybridized carbons (Fsp3) is 0.342. The molecule has 4 rings (SSSR count). The van der Waals surface area contributed by atoms with Crippen LogP contribution in [0.15, 0.2) is 97.1 Å². The van der Waals surface area contributed by atoms with Gasteiger partial charge >= 0.3 is 0 Å². The Kier molecular flexibility index (Phi) is 9.25. The van der Waals surface area contributed by atoms with Crippen LogP contribution in [-0.2, 0) is 11.1 Å². The molecular weight excluding hydrogens is 523 g/mol. The van der Waals surface area contributed by atoms with E-state index in [0.717, 1.165) is 24.3 Å². The summed E-state index contributed by atoms with van der Waals surface area (Å²) in [5, 5.41) is 0. The average Bonchev–Trinajstić information content (AvgIpc) is 2.97. The van der Waals surface area contributed by atoms with Gasteiger partial charge in [-0.2, -0.15) is 0 Å². The lowest BCUT2D eigenvalue weighted by molar-refractivity contribution is 0.0985. The number of ether oxygens (including phenoxy) is 2. The van der Waals surface area contributed by atoms with Crippen LogP contribution < -0.4 is 9.47 Å². The van der Waals surface area contributed by atoms with E-state index in [-0.39, 0.29) is 16.8 Å². The average molecular weight is 567 g/mol. The highest BCUT2D eigenvalue weighted by atomic mass is 19.1. The van der Waals surface area contributed by atoms with Gasteiger partial charge in [-0.15, -0.1) is 0 Å². The van der Waals surface area contributed by atoms with E-state index in [9.17, 15) is 9.18 Å². The Morgan fingerprint density at radius 3 is 1.48 bits per heavy atom.